The smallest absolute Gasteiger partial charge is 0.308 e. The van der Waals surface area contributed by atoms with Crippen LogP contribution in [0.4, 0.5) is 0 Å². The predicted molar refractivity (Wildman–Crippen MR) is 56.5 cm³/mol. The van der Waals surface area contributed by atoms with Crippen LogP contribution in [0.3, 0.4) is 0 Å². The molecule has 76 valence electrons. The first-order valence-electron chi connectivity index (χ1n) is 5.22. The van der Waals surface area contributed by atoms with Gasteiger partial charge in [0, 0.05) is 8.07 Å². The molecule has 0 amide bonds. The van der Waals surface area contributed by atoms with Crippen LogP contribution in [0.1, 0.15) is 19.8 Å². The first kappa shape index (κ1) is 10.8. The van der Waals surface area contributed by atoms with Crippen molar-refractivity contribution in [3.8, 4) is 0 Å². The summed E-state index contributed by atoms with van der Waals surface area (Å²) in [4.78, 5) is 11.5. The van der Waals surface area contributed by atoms with Gasteiger partial charge in [0.2, 0.25) is 0 Å². The van der Waals surface area contributed by atoms with Gasteiger partial charge in [-0.3, -0.25) is 4.79 Å². The summed E-state index contributed by atoms with van der Waals surface area (Å²) in [6, 6.07) is 2.51. The van der Waals surface area contributed by atoms with Gasteiger partial charge in [-0.25, -0.2) is 0 Å². The van der Waals surface area contributed by atoms with Crippen LogP contribution in [0.15, 0.2) is 0 Å². The molecule has 0 bridgehead atoms. The number of hydrogen-bond donors (Lipinski definition) is 0. The van der Waals surface area contributed by atoms with E-state index in [0.29, 0.717) is 6.61 Å². The van der Waals surface area contributed by atoms with E-state index in [2.05, 4.69) is 13.1 Å². The van der Waals surface area contributed by atoms with E-state index in [0.717, 1.165) is 12.5 Å². The standard InChI is InChI=1S/C10H20O2Si/c1-4-12-10(11)9-6-5-7-13(2,3)8-9/h9H,4-8H2,1-3H3. The largest absolute Gasteiger partial charge is 0.466 e. The minimum atomic E-state index is -1.05. The summed E-state index contributed by atoms with van der Waals surface area (Å²) < 4.78 is 5.06. The second-order valence-electron chi connectivity index (χ2n) is 4.71. The van der Waals surface area contributed by atoms with E-state index >= 15 is 0 Å². The summed E-state index contributed by atoms with van der Waals surface area (Å²) in [5.74, 6) is 0.262. The predicted octanol–water partition coefficient (Wildman–Crippen LogP) is 2.67. The maximum Gasteiger partial charge on any atom is 0.308 e. The molecular formula is C10H20O2Si. The van der Waals surface area contributed by atoms with E-state index in [9.17, 15) is 4.79 Å². The number of carbonyl (C=O) groups is 1. The number of rotatable bonds is 2. The lowest BCUT2D eigenvalue weighted by atomic mass is 10.1. The molecule has 1 unspecified atom stereocenters. The van der Waals surface area contributed by atoms with Gasteiger partial charge in [0.25, 0.3) is 0 Å². The molecule has 0 aromatic heterocycles. The first-order chi connectivity index (χ1) is 6.05. The number of hydrogen-bond acceptors (Lipinski definition) is 2. The van der Waals surface area contributed by atoms with Gasteiger partial charge in [-0.1, -0.05) is 25.6 Å². The molecule has 1 saturated heterocycles. The van der Waals surface area contributed by atoms with Crippen LogP contribution in [0.2, 0.25) is 25.2 Å². The third-order valence-electron chi connectivity index (χ3n) is 2.83. The number of carbonyl (C=O) groups excluding carboxylic acids is 1. The fraction of sp³-hybridized carbons (Fsp3) is 0.900. The molecule has 0 spiro atoms. The molecule has 0 aromatic rings. The maximum absolute atomic E-state index is 11.5. The molecule has 0 saturated carbocycles. The van der Waals surface area contributed by atoms with Crippen LogP contribution >= 0.6 is 0 Å². The molecular weight excluding hydrogens is 180 g/mol. The number of esters is 1. The molecule has 13 heavy (non-hydrogen) atoms. The van der Waals surface area contributed by atoms with Gasteiger partial charge < -0.3 is 4.74 Å². The lowest BCUT2D eigenvalue weighted by molar-refractivity contribution is -0.147. The van der Waals surface area contributed by atoms with E-state index in [1.165, 1.54) is 12.5 Å². The Morgan fingerprint density at radius 3 is 2.77 bits per heavy atom. The quantitative estimate of drug-likeness (QED) is 0.506. The van der Waals surface area contributed by atoms with Crippen molar-refractivity contribution in [2.45, 2.75) is 44.9 Å². The van der Waals surface area contributed by atoms with E-state index < -0.39 is 8.07 Å². The molecule has 1 aliphatic rings. The van der Waals surface area contributed by atoms with Crippen molar-refractivity contribution in [3.63, 3.8) is 0 Å². The maximum atomic E-state index is 11.5. The molecule has 1 fully saturated rings. The number of ether oxygens (including phenoxy) is 1. The van der Waals surface area contributed by atoms with Crippen molar-refractivity contribution in [2.75, 3.05) is 6.61 Å². The van der Waals surface area contributed by atoms with E-state index in [-0.39, 0.29) is 11.9 Å². The monoisotopic (exact) mass is 200 g/mol. The molecule has 1 atom stereocenters. The van der Waals surface area contributed by atoms with Gasteiger partial charge in [0.1, 0.15) is 0 Å². The van der Waals surface area contributed by atoms with Crippen molar-refractivity contribution >= 4 is 14.0 Å². The van der Waals surface area contributed by atoms with Crippen molar-refractivity contribution < 1.29 is 9.53 Å². The second-order valence-corrected chi connectivity index (χ2v) is 9.95. The fourth-order valence-electron chi connectivity index (χ4n) is 2.16. The summed E-state index contributed by atoms with van der Waals surface area (Å²) in [6.07, 6.45) is 2.28. The van der Waals surface area contributed by atoms with Gasteiger partial charge in [0.05, 0.1) is 12.5 Å². The van der Waals surface area contributed by atoms with E-state index in [1.54, 1.807) is 0 Å². The van der Waals surface area contributed by atoms with Gasteiger partial charge >= 0.3 is 5.97 Å². The van der Waals surface area contributed by atoms with Gasteiger partial charge in [-0.2, -0.15) is 0 Å². The van der Waals surface area contributed by atoms with Crippen LogP contribution in [0, 0.1) is 5.92 Å². The zero-order valence-electron chi connectivity index (χ0n) is 8.93. The summed E-state index contributed by atoms with van der Waals surface area (Å²) in [7, 11) is -1.05. The molecule has 3 heteroatoms. The molecule has 0 N–H and O–H groups in total. The topological polar surface area (TPSA) is 26.3 Å². The van der Waals surface area contributed by atoms with Gasteiger partial charge in [0.15, 0.2) is 0 Å². The third-order valence-corrected chi connectivity index (χ3v) is 6.13. The Hall–Kier alpha value is -0.313. The molecule has 1 rings (SSSR count). The van der Waals surface area contributed by atoms with Crippen molar-refractivity contribution in [2.24, 2.45) is 5.92 Å². The summed E-state index contributed by atoms with van der Waals surface area (Å²) in [5.41, 5.74) is 0. The SMILES string of the molecule is CCOC(=O)C1CCC[Si](C)(C)C1. The first-order valence-corrected chi connectivity index (χ1v) is 8.63. The van der Waals surface area contributed by atoms with Crippen molar-refractivity contribution in [1.82, 2.24) is 0 Å². The molecule has 0 aromatic carbocycles. The lowest BCUT2D eigenvalue weighted by Crippen LogP contribution is -2.36. The summed E-state index contributed by atoms with van der Waals surface area (Å²) >= 11 is 0. The van der Waals surface area contributed by atoms with Gasteiger partial charge in [-0.05, 0) is 19.4 Å². The zero-order valence-corrected chi connectivity index (χ0v) is 9.93. The Bertz CT molecular complexity index is 189. The normalized spacial score (nSPS) is 26.8. The molecule has 0 radical (unpaired) electrons. The minimum Gasteiger partial charge on any atom is -0.466 e. The van der Waals surface area contributed by atoms with Gasteiger partial charge in [-0.15, -0.1) is 0 Å². The Morgan fingerprint density at radius 2 is 2.23 bits per heavy atom. The van der Waals surface area contributed by atoms with E-state index in [1.807, 2.05) is 6.92 Å². The Kier molecular flexibility index (Phi) is 3.53. The van der Waals surface area contributed by atoms with Crippen LogP contribution in [0.5, 0.6) is 0 Å². The lowest BCUT2D eigenvalue weighted by Gasteiger charge is -2.32. The highest BCUT2D eigenvalue weighted by atomic mass is 28.3. The Morgan fingerprint density at radius 1 is 1.54 bits per heavy atom. The second kappa shape index (κ2) is 4.27. The average molecular weight is 200 g/mol. The Labute approximate surface area is 81.7 Å². The fourth-order valence-corrected chi connectivity index (χ4v) is 5.23. The summed E-state index contributed by atoms with van der Waals surface area (Å²) in [6.45, 7) is 7.15. The van der Waals surface area contributed by atoms with Crippen LogP contribution in [-0.2, 0) is 9.53 Å². The highest BCUT2D eigenvalue weighted by molar-refractivity contribution is 6.77. The van der Waals surface area contributed by atoms with Crippen molar-refractivity contribution in [3.05, 3.63) is 0 Å². The minimum absolute atomic E-state index is 0.0442. The molecule has 1 aliphatic heterocycles. The van der Waals surface area contributed by atoms with E-state index in [4.69, 9.17) is 4.74 Å². The average Bonchev–Trinajstić information content (AvgIpc) is 2.03. The molecule has 0 aliphatic carbocycles. The van der Waals surface area contributed by atoms with Crippen LogP contribution < -0.4 is 0 Å². The highest BCUT2D eigenvalue weighted by Crippen LogP contribution is 2.33. The highest BCUT2D eigenvalue weighted by Gasteiger charge is 2.33. The Balaban J connectivity index is 2.47. The molecule has 2 nitrogen and oxygen atoms in total. The van der Waals surface area contributed by atoms with Crippen LogP contribution in [0.25, 0.3) is 0 Å². The summed E-state index contributed by atoms with van der Waals surface area (Å²) in [5, 5.41) is 0. The zero-order chi connectivity index (χ0) is 9.90. The molecule has 1 heterocycles. The van der Waals surface area contributed by atoms with Crippen LogP contribution in [-0.4, -0.2) is 20.7 Å². The third kappa shape index (κ3) is 3.14. The van der Waals surface area contributed by atoms with Crippen molar-refractivity contribution in [1.29, 1.82) is 0 Å².